The Kier molecular flexibility index (Phi) is 5.38. The summed E-state index contributed by atoms with van der Waals surface area (Å²) in [5, 5.41) is 16.4. The monoisotopic (exact) mass is 351 g/mol. The van der Waals surface area contributed by atoms with Crippen molar-refractivity contribution >= 4 is 27.6 Å². The van der Waals surface area contributed by atoms with Gasteiger partial charge in [0.25, 0.3) is 0 Å². The van der Waals surface area contributed by atoms with Crippen LogP contribution in [0.3, 0.4) is 0 Å². The van der Waals surface area contributed by atoms with Gasteiger partial charge in [-0.3, -0.25) is 9.48 Å². The minimum atomic E-state index is -0.772. The lowest BCUT2D eigenvalue weighted by Crippen LogP contribution is -2.22. The number of rotatable bonds is 7. The number of nitrogens with zero attached hydrogens (tertiary/aromatic N) is 2. The molecule has 6 heteroatoms. The summed E-state index contributed by atoms with van der Waals surface area (Å²) in [7, 11) is 0. The third-order valence-electron chi connectivity index (χ3n) is 3.03. The Morgan fingerprint density at radius 2 is 2.33 bits per heavy atom. The first-order chi connectivity index (χ1) is 10.0. The van der Waals surface area contributed by atoms with Gasteiger partial charge in [-0.05, 0) is 47.0 Å². The Hall–Kier alpha value is -1.82. The fourth-order valence-corrected chi connectivity index (χ4v) is 2.44. The highest BCUT2D eigenvalue weighted by Crippen LogP contribution is 2.14. The molecule has 0 spiro atoms. The fourth-order valence-electron chi connectivity index (χ4n) is 2.12. The molecule has 0 saturated carbocycles. The molecule has 5 nitrogen and oxygen atoms in total. The van der Waals surface area contributed by atoms with Gasteiger partial charge in [-0.25, -0.2) is 0 Å². The number of carbonyl (C=O) groups is 1. The van der Waals surface area contributed by atoms with Crippen molar-refractivity contribution in [2.45, 2.75) is 32.4 Å². The zero-order valence-corrected chi connectivity index (χ0v) is 13.4. The normalized spacial score (nSPS) is 12.1. The summed E-state index contributed by atoms with van der Waals surface area (Å²) in [5.74, 6) is -0.772. The van der Waals surface area contributed by atoms with Crippen molar-refractivity contribution in [3.8, 4) is 0 Å². The van der Waals surface area contributed by atoms with Crippen LogP contribution >= 0.6 is 15.9 Å². The van der Waals surface area contributed by atoms with E-state index >= 15 is 0 Å². The van der Waals surface area contributed by atoms with E-state index in [0.717, 1.165) is 22.3 Å². The summed E-state index contributed by atoms with van der Waals surface area (Å²) in [4.78, 5) is 10.6. The number of benzene rings is 1. The molecule has 2 N–H and O–H groups in total. The Balaban J connectivity index is 1.92. The molecule has 0 aliphatic carbocycles. The Bertz CT molecular complexity index is 612. The van der Waals surface area contributed by atoms with Gasteiger partial charge in [-0.15, -0.1) is 0 Å². The van der Waals surface area contributed by atoms with Crippen LogP contribution in [-0.2, 0) is 17.8 Å². The van der Waals surface area contributed by atoms with E-state index < -0.39 is 5.97 Å². The number of carboxylic acids is 1. The highest BCUT2D eigenvalue weighted by atomic mass is 79.9. The van der Waals surface area contributed by atoms with Crippen LogP contribution in [-0.4, -0.2) is 26.9 Å². The second-order valence-electron chi connectivity index (χ2n) is 5.02. The maximum absolute atomic E-state index is 10.6. The lowest BCUT2D eigenvalue weighted by Gasteiger charge is -2.16. The van der Waals surface area contributed by atoms with E-state index in [-0.39, 0.29) is 12.5 Å². The molecule has 0 aliphatic rings. The summed E-state index contributed by atoms with van der Waals surface area (Å²) >= 11 is 3.38. The predicted octanol–water partition coefficient (Wildman–Crippen LogP) is 3.16. The summed E-state index contributed by atoms with van der Waals surface area (Å²) < 4.78 is 2.83. The summed E-state index contributed by atoms with van der Waals surface area (Å²) in [6, 6.07) is 8.09. The molecular weight excluding hydrogens is 334 g/mol. The predicted molar refractivity (Wildman–Crippen MR) is 85.4 cm³/mol. The van der Waals surface area contributed by atoms with Crippen molar-refractivity contribution < 1.29 is 9.90 Å². The molecule has 0 amide bonds. The van der Waals surface area contributed by atoms with Crippen molar-refractivity contribution in [3.05, 3.63) is 46.7 Å². The van der Waals surface area contributed by atoms with E-state index in [4.69, 9.17) is 5.11 Å². The average molecular weight is 352 g/mol. The van der Waals surface area contributed by atoms with Crippen molar-refractivity contribution in [2.75, 3.05) is 5.32 Å². The zero-order valence-electron chi connectivity index (χ0n) is 11.8. The van der Waals surface area contributed by atoms with Crippen LogP contribution in [0.5, 0.6) is 0 Å². The van der Waals surface area contributed by atoms with Crippen LogP contribution in [0.4, 0.5) is 5.69 Å². The third kappa shape index (κ3) is 5.23. The van der Waals surface area contributed by atoms with Crippen LogP contribution in [0.1, 0.15) is 18.9 Å². The molecule has 21 heavy (non-hydrogen) atoms. The highest BCUT2D eigenvalue weighted by Gasteiger charge is 2.06. The number of nitrogens with one attached hydrogen (secondary N) is 1. The number of hydrogen-bond acceptors (Lipinski definition) is 3. The molecular formula is C15H18BrN3O2. The van der Waals surface area contributed by atoms with E-state index in [1.165, 1.54) is 0 Å². The quantitative estimate of drug-likeness (QED) is 0.803. The van der Waals surface area contributed by atoms with E-state index in [0.29, 0.717) is 6.42 Å². The highest BCUT2D eigenvalue weighted by molar-refractivity contribution is 9.10. The first-order valence-electron chi connectivity index (χ1n) is 6.78. The van der Waals surface area contributed by atoms with Gasteiger partial charge < -0.3 is 10.4 Å². The van der Waals surface area contributed by atoms with Crippen LogP contribution in [0, 0.1) is 0 Å². The number of aromatic nitrogens is 2. The molecule has 0 fully saturated rings. The first-order valence-corrected chi connectivity index (χ1v) is 7.57. The van der Waals surface area contributed by atoms with Gasteiger partial charge in [0.15, 0.2) is 0 Å². The summed E-state index contributed by atoms with van der Waals surface area (Å²) in [5.41, 5.74) is 2.02. The second kappa shape index (κ2) is 7.26. The van der Waals surface area contributed by atoms with Crippen molar-refractivity contribution in [2.24, 2.45) is 0 Å². The first kappa shape index (κ1) is 15.6. The number of aliphatic carboxylic acids is 1. The largest absolute Gasteiger partial charge is 0.481 e. The number of carboxylic acid groups (broad SMARTS) is 1. The van der Waals surface area contributed by atoms with Crippen LogP contribution < -0.4 is 5.32 Å². The molecule has 1 heterocycles. The molecule has 0 bridgehead atoms. The van der Waals surface area contributed by atoms with Crippen LogP contribution in [0.25, 0.3) is 0 Å². The van der Waals surface area contributed by atoms with E-state index in [2.05, 4.69) is 33.3 Å². The van der Waals surface area contributed by atoms with Gasteiger partial charge in [0, 0.05) is 24.3 Å². The van der Waals surface area contributed by atoms with Gasteiger partial charge >= 0.3 is 5.97 Å². The second-order valence-corrected chi connectivity index (χ2v) is 5.94. The molecule has 1 unspecified atom stereocenters. The van der Waals surface area contributed by atoms with E-state index in [1.807, 2.05) is 35.1 Å². The summed E-state index contributed by atoms with van der Waals surface area (Å²) in [6.07, 6.45) is 4.40. The Morgan fingerprint density at radius 3 is 3.00 bits per heavy atom. The average Bonchev–Trinajstić information content (AvgIpc) is 2.82. The maximum Gasteiger partial charge on any atom is 0.303 e. The topological polar surface area (TPSA) is 67.2 Å². The zero-order chi connectivity index (χ0) is 15.2. The standard InChI is InChI=1S/C15H18BrN3O2/c1-11(9-19-10-13(16)8-17-19)18-14-4-2-3-12(7-14)5-6-15(20)21/h2-4,7-8,10-11,18H,5-6,9H2,1H3,(H,20,21). The molecule has 1 atom stereocenters. The number of hydrogen-bond donors (Lipinski definition) is 2. The van der Waals surface area contributed by atoms with Gasteiger partial charge in [0.2, 0.25) is 0 Å². The molecule has 2 aromatic rings. The molecule has 1 aromatic heterocycles. The van der Waals surface area contributed by atoms with Crippen LogP contribution in [0.15, 0.2) is 41.1 Å². The van der Waals surface area contributed by atoms with Crippen molar-refractivity contribution in [1.29, 1.82) is 0 Å². The molecule has 112 valence electrons. The van der Waals surface area contributed by atoms with Gasteiger partial charge in [-0.2, -0.15) is 5.10 Å². The van der Waals surface area contributed by atoms with Crippen molar-refractivity contribution in [1.82, 2.24) is 9.78 Å². The third-order valence-corrected chi connectivity index (χ3v) is 3.44. The summed E-state index contributed by atoms with van der Waals surface area (Å²) in [6.45, 7) is 2.84. The Labute approximate surface area is 132 Å². The maximum atomic E-state index is 10.6. The molecule has 1 aromatic carbocycles. The van der Waals surface area contributed by atoms with Gasteiger partial charge in [0.1, 0.15) is 0 Å². The SMILES string of the molecule is CC(Cn1cc(Br)cn1)Nc1cccc(CCC(=O)O)c1. The minimum Gasteiger partial charge on any atom is -0.481 e. The van der Waals surface area contributed by atoms with E-state index in [1.54, 1.807) is 6.20 Å². The molecule has 0 aliphatic heterocycles. The van der Waals surface area contributed by atoms with Crippen molar-refractivity contribution in [3.63, 3.8) is 0 Å². The number of anilines is 1. The fraction of sp³-hybridized carbons (Fsp3) is 0.333. The number of aryl methyl sites for hydroxylation is 1. The van der Waals surface area contributed by atoms with Gasteiger partial charge in [-0.1, -0.05) is 12.1 Å². The Morgan fingerprint density at radius 1 is 1.52 bits per heavy atom. The van der Waals surface area contributed by atoms with Crippen LogP contribution in [0.2, 0.25) is 0 Å². The van der Waals surface area contributed by atoms with Gasteiger partial charge in [0.05, 0.1) is 17.2 Å². The number of halogens is 1. The lowest BCUT2D eigenvalue weighted by atomic mass is 10.1. The molecule has 0 radical (unpaired) electrons. The lowest BCUT2D eigenvalue weighted by molar-refractivity contribution is -0.136. The smallest absolute Gasteiger partial charge is 0.303 e. The minimum absolute atomic E-state index is 0.153. The van der Waals surface area contributed by atoms with E-state index in [9.17, 15) is 4.79 Å². The molecule has 2 rings (SSSR count). The molecule has 0 saturated heterocycles.